The van der Waals surface area contributed by atoms with E-state index in [9.17, 15) is 0 Å². The lowest BCUT2D eigenvalue weighted by atomic mass is 10.1. The van der Waals surface area contributed by atoms with E-state index in [2.05, 4.69) is 24.0 Å². The number of hydrogen-bond acceptors (Lipinski definition) is 3. The Bertz CT molecular complexity index is 350. The third kappa shape index (κ3) is 4.00. The van der Waals surface area contributed by atoms with E-state index in [0.29, 0.717) is 6.10 Å². The van der Waals surface area contributed by atoms with Crippen molar-refractivity contribution in [2.24, 2.45) is 0 Å². The molecule has 2 rings (SSSR count). The Morgan fingerprint density at radius 1 is 1.33 bits per heavy atom. The van der Waals surface area contributed by atoms with Gasteiger partial charge in [0.25, 0.3) is 0 Å². The fourth-order valence-corrected chi connectivity index (χ4v) is 2.46. The molecule has 1 aliphatic rings. The molecule has 0 saturated carbocycles. The zero-order valence-corrected chi connectivity index (χ0v) is 11.3. The van der Waals surface area contributed by atoms with Crippen molar-refractivity contribution in [2.75, 3.05) is 25.4 Å². The van der Waals surface area contributed by atoms with Gasteiger partial charge in [-0.15, -0.1) is 0 Å². The van der Waals surface area contributed by atoms with Crippen molar-refractivity contribution in [2.45, 2.75) is 38.8 Å². The molecular weight excluding hydrogens is 224 g/mol. The van der Waals surface area contributed by atoms with Gasteiger partial charge < -0.3 is 10.5 Å². The third-order valence-corrected chi connectivity index (χ3v) is 3.41. The van der Waals surface area contributed by atoms with E-state index < -0.39 is 0 Å². The maximum absolute atomic E-state index is 5.86. The fraction of sp³-hybridized carbons (Fsp3) is 0.600. The van der Waals surface area contributed by atoms with Gasteiger partial charge in [0.15, 0.2) is 0 Å². The van der Waals surface area contributed by atoms with Gasteiger partial charge in [0, 0.05) is 25.4 Å². The summed E-state index contributed by atoms with van der Waals surface area (Å²) in [5, 5.41) is 0. The van der Waals surface area contributed by atoms with Crippen LogP contribution < -0.4 is 5.73 Å². The molecule has 0 bridgehead atoms. The molecule has 1 aromatic rings. The summed E-state index contributed by atoms with van der Waals surface area (Å²) >= 11 is 0. The molecule has 1 fully saturated rings. The first-order valence-electron chi connectivity index (χ1n) is 6.96. The van der Waals surface area contributed by atoms with Crippen LogP contribution >= 0.6 is 0 Å². The summed E-state index contributed by atoms with van der Waals surface area (Å²) < 4.78 is 5.86. The molecule has 1 unspecified atom stereocenters. The second-order valence-corrected chi connectivity index (χ2v) is 5.11. The minimum absolute atomic E-state index is 0.424. The van der Waals surface area contributed by atoms with Crippen molar-refractivity contribution >= 4 is 5.69 Å². The fourth-order valence-electron chi connectivity index (χ4n) is 2.46. The van der Waals surface area contributed by atoms with Crippen LogP contribution in [-0.2, 0) is 11.3 Å². The van der Waals surface area contributed by atoms with Gasteiger partial charge in [0.05, 0.1) is 6.10 Å². The van der Waals surface area contributed by atoms with Crippen LogP contribution in [0.15, 0.2) is 24.3 Å². The average Bonchev–Trinajstić information content (AvgIpc) is 2.40. The summed E-state index contributed by atoms with van der Waals surface area (Å²) in [6, 6.07) is 8.19. The number of rotatable bonds is 5. The van der Waals surface area contributed by atoms with Crippen LogP contribution in [0, 0.1) is 0 Å². The highest BCUT2D eigenvalue weighted by molar-refractivity contribution is 5.39. The Hall–Kier alpha value is -1.06. The standard InChI is InChI=1S/C15H24N2O/c1-2-10-18-15-4-3-9-17(12-15)11-13-5-7-14(16)8-6-13/h5-8,15H,2-4,9-12,16H2,1H3. The minimum atomic E-state index is 0.424. The van der Waals surface area contributed by atoms with Crippen molar-refractivity contribution < 1.29 is 4.74 Å². The largest absolute Gasteiger partial charge is 0.399 e. The summed E-state index contributed by atoms with van der Waals surface area (Å²) in [5.74, 6) is 0. The lowest BCUT2D eigenvalue weighted by Gasteiger charge is -2.32. The Kier molecular flexibility index (Phi) is 5.02. The predicted molar refractivity (Wildman–Crippen MR) is 75.4 cm³/mol. The van der Waals surface area contributed by atoms with E-state index >= 15 is 0 Å². The normalized spacial score (nSPS) is 21.1. The zero-order valence-electron chi connectivity index (χ0n) is 11.3. The van der Waals surface area contributed by atoms with Crippen LogP contribution in [0.5, 0.6) is 0 Å². The maximum atomic E-state index is 5.86. The second-order valence-electron chi connectivity index (χ2n) is 5.11. The topological polar surface area (TPSA) is 38.5 Å². The lowest BCUT2D eigenvalue weighted by molar-refractivity contribution is -0.00222. The van der Waals surface area contributed by atoms with E-state index in [1.807, 2.05) is 12.1 Å². The number of piperidine rings is 1. The molecule has 1 heterocycles. The highest BCUT2D eigenvalue weighted by atomic mass is 16.5. The molecule has 0 spiro atoms. The van der Waals surface area contributed by atoms with Gasteiger partial charge in [-0.1, -0.05) is 19.1 Å². The maximum Gasteiger partial charge on any atom is 0.0702 e. The number of nitrogens with two attached hydrogens (primary N) is 1. The second kappa shape index (κ2) is 6.76. The van der Waals surface area contributed by atoms with Gasteiger partial charge in [-0.2, -0.15) is 0 Å². The van der Waals surface area contributed by atoms with Crippen LogP contribution in [0.4, 0.5) is 5.69 Å². The summed E-state index contributed by atoms with van der Waals surface area (Å²) in [7, 11) is 0. The minimum Gasteiger partial charge on any atom is -0.399 e. The Labute approximate surface area is 110 Å². The highest BCUT2D eigenvalue weighted by Gasteiger charge is 2.19. The molecule has 3 heteroatoms. The van der Waals surface area contributed by atoms with Crippen molar-refractivity contribution in [1.82, 2.24) is 4.90 Å². The van der Waals surface area contributed by atoms with Crippen molar-refractivity contribution in [3.05, 3.63) is 29.8 Å². The molecule has 1 aliphatic heterocycles. The number of nitrogen functional groups attached to an aromatic ring is 1. The van der Waals surface area contributed by atoms with Crippen LogP contribution in [0.1, 0.15) is 31.7 Å². The molecular formula is C15H24N2O. The molecule has 0 amide bonds. The first-order chi connectivity index (χ1) is 8.78. The summed E-state index contributed by atoms with van der Waals surface area (Å²) in [4.78, 5) is 2.48. The summed E-state index contributed by atoms with van der Waals surface area (Å²) in [6.45, 7) is 6.29. The van der Waals surface area contributed by atoms with Crippen LogP contribution in [-0.4, -0.2) is 30.7 Å². The number of ether oxygens (including phenoxy) is 1. The molecule has 1 atom stereocenters. The SMILES string of the molecule is CCCOC1CCCN(Cc2ccc(N)cc2)C1. The molecule has 1 aromatic carbocycles. The molecule has 2 N–H and O–H groups in total. The number of likely N-dealkylation sites (tertiary alicyclic amines) is 1. The Balaban J connectivity index is 1.83. The monoisotopic (exact) mass is 248 g/mol. The molecule has 3 nitrogen and oxygen atoms in total. The number of benzene rings is 1. The Morgan fingerprint density at radius 2 is 2.11 bits per heavy atom. The van der Waals surface area contributed by atoms with Crippen LogP contribution in [0.2, 0.25) is 0 Å². The molecule has 18 heavy (non-hydrogen) atoms. The predicted octanol–water partition coefficient (Wildman–Crippen LogP) is 2.66. The molecule has 1 saturated heterocycles. The summed E-state index contributed by atoms with van der Waals surface area (Å²) in [5.41, 5.74) is 7.87. The molecule has 100 valence electrons. The van der Waals surface area contributed by atoms with Gasteiger partial charge in [0.1, 0.15) is 0 Å². The Morgan fingerprint density at radius 3 is 2.83 bits per heavy atom. The van der Waals surface area contributed by atoms with Crippen LogP contribution in [0.25, 0.3) is 0 Å². The van der Waals surface area contributed by atoms with Gasteiger partial charge in [0.2, 0.25) is 0 Å². The van der Waals surface area contributed by atoms with Gasteiger partial charge in [-0.3, -0.25) is 4.90 Å². The number of nitrogens with zero attached hydrogens (tertiary/aromatic N) is 1. The van der Waals surface area contributed by atoms with E-state index in [0.717, 1.165) is 31.8 Å². The first-order valence-corrected chi connectivity index (χ1v) is 6.96. The van der Waals surface area contributed by atoms with Gasteiger partial charge in [-0.05, 0) is 43.5 Å². The zero-order chi connectivity index (χ0) is 12.8. The quantitative estimate of drug-likeness (QED) is 0.814. The van der Waals surface area contributed by atoms with Crippen LogP contribution in [0.3, 0.4) is 0 Å². The van der Waals surface area contributed by atoms with Gasteiger partial charge >= 0.3 is 0 Å². The van der Waals surface area contributed by atoms with E-state index in [1.165, 1.54) is 24.9 Å². The van der Waals surface area contributed by atoms with E-state index in [1.54, 1.807) is 0 Å². The number of hydrogen-bond donors (Lipinski definition) is 1. The number of anilines is 1. The first kappa shape index (κ1) is 13.4. The molecule has 0 aliphatic carbocycles. The van der Waals surface area contributed by atoms with Crippen molar-refractivity contribution in [3.63, 3.8) is 0 Å². The van der Waals surface area contributed by atoms with Crippen molar-refractivity contribution in [3.8, 4) is 0 Å². The average molecular weight is 248 g/mol. The smallest absolute Gasteiger partial charge is 0.0702 e. The highest BCUT2D eigenvalue weighted by Crippen LogP contribution is 2.16. The van der Waals surface area contributed by atoms with E-state index in [-0.39, 0.29) is 0 Å². The van der Waals surface area contributed by atoms with E-state index in [4.69, 9.17) is 10.5 Å². The molecule has 0 aromatic heterocycles. The van der Waals surface area contributed by atoms with Gasteiger partial charge in [-0.25, -0.2) is 0 Å². The van der Waals surface area contributed by atoms with Crippen molar-refractivity contribution in [1.29, 1.82) is 0 Å². The summed E-state index contributed by atoms with van der Waals surface area (Å²) in [6.07, 6.45) is 3.98. The lowest BCUT2D eigenvalue weighted by Crippen LogP contribution is -2.39. The molecule has 0 radical (unpaired) electrons. The third-order valence-electron chi connectivity index (χ3n) is 3.41.